The molecule has 0 aromatic heterocycles. The van der Waals surface area contributed by atoms with Crippen LogP contribution in [0.15, 0.2) is 24.3 Å². The molecule has 1 N–H and O–H groups in total. The zero-order valence-corrected chi connectivity index (χ0v) is 7.17. The lowest BCUT2D eigenvalue weighted by Gasteiger charge is -2.04. The first-order valence-corrected chi connectivity index (χ1v) is 3.76. The van der Waals surface area contributed by atoms with E-state index in [0.717, 1.165) is 0 Å². The number of amides is 1. The highest BCUT2D eigenvalue weighted by Gasteiger charge is 2.06. The second-order valence-corrected chi connectivity index (χ2v) is 2.41. The van der Waals surface area contributed by atoms with Crippen LogP contribution >= 0.6 is 0 Å². The van der Waals surface area contributed by atoms with Crippen LogP contribution in [0.5, 0.6) is 5.75 Å². The Morgan fingerprint density at radius 3 is 2.36 bits per heavy atom. The molecule has 0 bridgehead atoms. The second kappa shape index (κ2) is 4.55. The third-order valence-corrected chi connectivity index (χ3v) is 1.50. The molecule has 3 nitrogen and oxygen atoms in total. The van der Waals surface area contributed by atoms with Crippen molar-refractivity contribution < 1.29 is 18.3 Å². The van der Waals surface area contributed by atoms with Gasteiger partial charge in [-0.1, -0.05) is 0 Å². The minimum Gasteiger partial charge on any atom is -0.435 e. The Balaban J connectivity index is 2.73. The molecule has 0 atom stereocenters. The fourth-order valence-electron chi connectivity index (χ4n) is 0.890. The molecule has 0 unspecified atom stereocenters. The largest absolute Gasteiger partial charge is 0.435 e. The average molecular weight is 200 g/mol. The maximum absolute atomic E-state index is 11.7. The number of nitrogens with one attached hydrogen (secondary N) is 1. The number of carbonyl (C=O) groups excluding carboxylic acids is 1. The Kier molecular flexibility index (Phi) is 3.39. The van der Waals surface area contributed by atoms with E-state index in [1.54, 1.807) is 0 Å². The zero-order valence-electron chi connectivity index (χ0n) is 7.17. The molecular weight excluding hydrogens is 192 g/mol. The lowest BCUT2D eigenvalue weighted by Crippen LogP contribution is -2.15. The van der Waals surface area contributed by atoms with Crippen molar-refractivity contribution in [1.82, 2.24) is 5.32 Å². The van der Waals surface area contributed by atoms with E-state index in [1.807, 2.05) is 0 Å². The normalized spacial score (nSPS) is 10.0. The van der Waals surface area contributed by atoms with Crippen LogP contribution in [0.4, 0.5) is 8.78 Å². The van der Waals surface area contributed by atoms with Crippen molar-refractivity contribution in [2.75, 3.05) is 0 Å². The van der Waals surface area contributed by atoms with E-state index in [0.29, 0.717) is 5.56 Å². The number of hydrogen-bond donors (Lipinski definition) is 1. The molecule has 1 aromatic rings. The fraction of sp³-hybridized carbons (Fsp3) is 0.111. The van der Waals surface area contributed by atoms with Crippen molar-refractivity contribution in [2.45, 2.75) is 6.61 Å². The molecule has 14 heavy (non-hydrogen) atoms. The van der Waals surface area contributed by atoms with Gasteiger partial charge in [0.05, 0.1) is 0 Å². The molecule has 75 valence electrons. The lowest BCUT2D eigenvalue weighted by molar-refractivity contribution is -0.0498. The van der Waals surface area contributed by atoms with E-state index in [4.69, 9.17) is 0 Å². The third-order valence-electron chi connectivity index (χ3n) is 1.50. The van der Waals surface area contributed by atoms with Crippen LogP contribution in [0.1, 0.15) is 10.4 Å². The van der Waals surface area contributed by atoms with E-state index in [1.165, 1.54) is 24.3 Å². The average Bonchev–Trinajstić information content (AvgIpc) is 2.17. The number of halogens is 2. The van der Waals surface area contributed by atoms with Crippen molar-refractivity contribution in [3.8, 4) is 5.75 Å². The molecule has 0 saturated heterocycles. The molecule has 0 aliphatic rings. The Labute approximate surface area is 79.7 Å². The predicted octanol–water partition coefficient (Wildman–Crippen LogP) is 1.81. The van der Waals surface area contributed by atoms with E-state index >= 15 is 0 Å². The van der Waals surface area contributed by atoms with Crippen LogP contribution in [-0.2, 0) is 0 Å². The number of ether oxygens (including phenoxy) is 1. The van der Waals surface area contributed by atoms with Gasteiger partial charge in [0.15, 0.2) is 0 Å². The van der Waals surface area contributed by atoms with Crippen LogP contribution in [0, 0.1) is 7.05 Å². The summed E-state index contributed by atoms with van der Waals surface area (Å²) in [6.45, 7) is -2.86. The molecule has 0 spiro atoms. The minimum atomic E-state index is -2.86. The van der Waals surface area contributed by atoms with Crippen LogP contribution in [0.25, 0.3) is 0 Å². The van der Waals surface area contributed by atoms with Gasteiger partial charge in [0, 0.05) is 12.6 Å². The topological polar surface area (TPSA) is 38.3 Å². The summed E-state index contributed by atoms with van der Waals surface area (Å²) in [7, 11) is 3.18. The first-order valence-electron chi connectivity index (χ1n) is 3.76. The fourth-order valence-corrected chi connectivity index (χ4v) is 0.890. The van der Waals surface area contributed by atoms with Crippen LogP contribution in [0.3, 0.4) is 0 Å². The van der Waals surface area contributed by atoms with E-state index in [2.05, 4.69) is 17.1 Å². The van der Waals surface area contributed by atoms with Gasteiger partial charge in [-0.05, 0) is 24.3 Å². The zero-order chi connectivity index (χ0) is 10.6. The van der Waals surface area contributed by atoms with Gasteiger partial charge in [-0.3, -0.25) is 4.79 Å². The van der Waals surface area contributed by atoms with E-state index in [9.17, 15) is 13.6 Å². The van der Waals surface area contributed by atoms with Crippen molar-refractivity contribution in [2.24, 2.45) is 0 Å². The summed E-state index contributed by atoms with van der Waals surface area (Å²) in [5.74, 6) is -0.366. The maximum atomic E-state index is 11.7. The Bertz CT molecular complexity index is 311. The number of rotatable bonds is 3. The van der Waals surface area contributed by atoms with E-state index < -0.39 is 6.61 Å². The van der Waals surface area contributed by atoms with Crippen molar-refractivity contribution >= 4 is 5.91 Å². The highest BCUT2D eigenvalue weighted by molar-refractivity contribution is 5.94. The SMILES string of the molecule is [CH2]NC(=O)c1ccc(OC(F)F)cc1. The summed E-state index contributed by atoms with van der Waals surface area (Å²) < 4.78 is 27.6. The number of hydrogen-bond acceptors (Lipinski definition) is 2. The standard InChI is InChI=1S/C9H8F2NO2/c1-12-8(13)6-2-4-7(5-3-6)14-9(10)11/h2-5,9H,1H2,(H,12,13). The Hall–Kier alpha value is -1.65. The maximum Gasteiger partial charge on any atom is 0.387 e. The molecule has 0 aliphatic carbocycles. The lowest BCUT2D eigenvalue weighted by atomic mass is 10.2. The predicted molar refractivity (Wildman–Crippen MR) is 45.9 cm³/mol. The van der Waals surface area contributed by atoms with Gasteiger partial charge in [-0.15, -0.1) is 0 Å². The van der Waals surface area contributed by atoms with Crippen molar-refractivity contribution in [1.29, 1.82) is 0 Å². The summed E-state index contributed by atoms with van der Waals surface area (Å²) in [5.41, 5.74) is 0.335. The van der Waals surface area contributed by atoms with E-state index in [-0.39, 0.29) is 11.7 Å². The molecular formula is C9H8F2NO2. The summed E-state index contributed by atoms with van der Waals surface area (Å²) in [6, 6.07) is 5.32. The third kappa shape index (κ3) is 2.69. The highest BCUT2D eigenvalue weighted by Crippen LogP contribution is 2.14. The molecule has 0 heterocycles. The van der Waals surface area contributed by atoms with Gasteiger partial charge in [0.1, 0.15) is 5.75 Å². The molecule has 0 aliphatic heterocycles. The summed E-state index contributed by atoms with van der Waals surface area (Å²) in [6.07, 6.45) is 0. The number of alkyl halides is 2. The molecule has 5 heteroatoms. The summed E-state index contributed by atoms with van der Waals surface area (Å²) in [5, 5.41) is 2.16. The van der Waals surface area contributed by atoms with Crippen LogP contribution < -0.4 is 10.1 Å². The number of benzene rings is 1. The van der Waals surface area contributed by atoms with Gasteiger partial charge in [-0.25, -0.2) is 0 Å². The van der Waals surface area contributed by atoms with Crippen LogP contribution in [-0.4, -0.2) is 12.5 Å². The number of carbonyl (C=O) groups is 1. The molecule has 1 radical (unpaired) electrons. The smallest absolute Gasteiger partial charge is 0.387 e. The molecule has 1 rings (SSSR count). The van der Waals surface area contributed by atoms with Crippen molar-refractivity contribution in [3.63, 3.8) is 0 Å². The van der Waals surface area contributed by atoms with Gasteiger partial charge in [0.25, 0.3) is 5.91 Å². The molecule has 1 aromatic carbocycles. The van der Waals surface area contributed by atoms with Gasteiger partial charge in [0.2, 0.25) is 0 Å². The summed E-state index contributed by atoms with van der Waals surface area (Å²) >= 11 is 0. The first-order chi connectivity index (χ1) is 6.63. The Morgan fingerprint density at radius 2 is 1.93 bits per heavy atom. The van der Waals surface area contributed by atoms with Gasteiger partial charge < -0.3 is 10.1 Å². The van der Waals surface area contributed by atoms with Crippen molar-refractivity contribution in [3.05, 3.63) is 36.9 Å². The monoisotopic (exact) mass is 200 g/mol. The molecule has 0 saturated carbocycles. The summed E-state index contributed by atoms with van der Waals surface area (Å²) in [4.78, 5) is 11.0. The van der Waals surface area contributed by atoms with Gasteiger partial charge in [-0.2, -0.15) is 8.78 Å². The second-order valence-electron chi connectivity index (χ2n) is 2.41. The Morgan fingerprint density at radius 1 is 1.36 bits per heavy atom. The highest BCUT2D eigenvalue weighted by atomic mass is 19.3. The quantitative estimate of drug-likeness (QED) is 0.808. The molecule has 0 fully saturated rings. The van der Waals surface area contributed by atoms with Gasteiger partial charge >= 0.3 is 6.61 Å². The van der Waals surface area contributed by atoms with Crippen LogP contribution in [0.2, 0.25) is 0 Å². The molecule has 1 amide bonds. The minimum absolute atomic E-state index is 0.0145. The first kappa shape index (κ1) is 10.4.